The summed E-state index contributed by atoms with van der Waals surface area (Å²) in [6, 6.07) is 0. The van der Waals surface area contributed by atoms with E-state index in [1.54, 1.807) is 6.08 Å². The molecule has 63 heavy (non-hydrogen) atoms. The van der Waals surface area contributed by atoms with Crippen molar-refractivity contribution in [3.05, 3.63) is 72.9 Å². The van der Waals surface area contributed by atoms with Gasteiger partial charge < -0.3 is 50.1 Å². The zero-order valence-electron chi connectivity index (χ0n) is 37.6. The normalized spacial score (nSPS) is 23.4. The van der Waals surface area contributed by atoms with Gasteiger partial charge in [-0.05, 0) is 89.9 Å². The van der Waals surface area contributed by atoms with E-state index in [-0.39, 0.29) is 32.1 Å². The smallest absolute Gasteiger partial charge is 0.462 e. The van der Waals surface area contributed by atoms with Gasteiger partial charge in [0.15, 0.2) is 6.10 Å². The molecule has 0 heterocycles. The van der Waals surface area contributed by atoms with Crippen molar-refractivity contribution in [2.24, 2.45) is 0 Å². The first-order valence-corrected chi connectivity index (χ1v) is 24.4. The Morgan fingerprint density at radius 2 is 1.00 bits per heavy atom. The van der Waals surface area contributed by atoms with Crippen LogP contribution in [0.1, 0.15) is 142 Å². The van der Waals surface area contributed by atoms with Crippen LogP contribution in [0.4, 0.5) is 0 Å². The summed E-state index contributed by atoms with van der Waals surface area (Å²) in [6.45, 7) is 2.94. The number of aliphatic hydroxyl groups is 7. The predicted octanol–water partition coefficient (Wildman–Crippen LogP) is 6.66. The van der Waals surface area contributed by atoms with Gasteiger partial charge in [0.2, 0.25) is 0 Å². The highest BCUT2D eigenvalue weighted by atomic mass is 31.2. The third kappa shape index (κ3) is 28.7. The maximum atomic E-state index is 12.8. The molecule has 0 bridgehead atoms. The first-order chi connectivity index (χ1) is 30.2. The standard InChI is InChI=1S/C47H79O15P/c1-3-5-7-9-11-13-15-17-18-19-21-23-25-27-29-33-41(51)61-37(36-60-63(57,58)62-47-45(55)43(53)42(52)44(54)46(47)56)35-59-40(50)34-30-32-39(49)38(48)31-28-26-24-22-20-16-14-12-10-8-6-4-2/h11-14,17-18,20-23,26,28,37-39,42-49,52-56H,3-10,15-16,19,24-25,27,29-36H2,1-2H3,(H,57,58)/b13-11-,14-12-,18-17-,22-20-,23-21-,28-26-/t37-,38?,39?,42?,43-,44+,45-,46-,47?/m1/s1. The number of phosphoric acid groups is 1. The number of carbonyl (C=O) groups is 2. The van der Waals surface area contributed by atoms with Crippen molar-refractivity contribution >= 4 is 19.8 Å². The molecule has 1 rings (SSSR count). The largest absolute Gasteiger partial charge is 0.472 e. The third-order valence-electron chi connectivity index (χ3n) is 10.2. The second-order valence-electron chi connectivity index (χ2n) is 15.9. The van der Waals surface area contributed by atoms with Crippen LogP contribution in [0.3, 0.4) is 0 Å². The number of phosphoric ester groups is 1. The van der Waals surface area contributed by atoms with Gasteiger partial charge in [0.25, 0.3) is 0 Å². The summed E-state index contributed by atoms with van der Waals surface area (Å²) in [7, 11) is -5.20. The summed E-state index contributed by atoms with van der Waals surface area (Å²) >= 11 is 0. The van der Waals surface area contributed by atoms with Crippen LogP contribution >= 0.6 is 7.82 Å². The molecule has 0 aliphatic heterocycles. The molecule has 16 heteroatoms. The van der Waals surface area contributed by atoms with E-state index in [1.165, 1.54) is 38.5 Å². The number of unbranched alkanes of at least 4 members (excludes halogenated alkanes) is 8. The maximum absolute atomic E-state index is 12.8. The highest BCUT2D eigenvalue weighted by Crippen LogP contribution is 2.47. The Kier molecular flexibility index (Phi) is 33.7. The minimum atomic E-state index is -5.20. The number of hydrogen-bond acceptors (Lipinski definition) is 14. The Morgan fingerprint density at radius 1 is 0.556 bits per heavy atom. The fraction of sp³-hybridized carbons (Fsp3) is 0.702. The van der Waals surface area contributed by atoms with Crippen molar-refractivity contribution in [2.75, 3.05) is 13.2 Å². The average Bonchev–Trinajstić information content (AvgIpc) is 3.26. The molecule has 1 fully saturated rings. The minimum Gasteiger partial charge on any atom is -0.462 e. The molecule has 0 saturated heterocycles. The highest BCUT2D eigenvalue weighted by Gasteiger charge is 2.51. The first kappa shape index (κ1) is 58.2. The van der Waals surface area contributed by atoms with Crippen LogP contribution < -0.4 is 0 Å². The highest BCUT2D eigenvalue weighted by molar-refractivity contribution is 7.47. The van der Waals surface area contributed by atoms with Crippen LogP contribution in [0.25, 0.3) is 0 Å². The van der Waals surface area contributed by atoms with Gasteiger partial charge in [0, 0.05) is 12.8 Å². The molecule has 10 atom stereocenters. The second-order valence-corrected chi connectivity index (χ2v) is 17.3. The van der Waals surface area contributed by atoms with Crippen molar-refractivity contribution in [1.82, 2.24) is 0 Å². The van der Waals surface area contributed by atoms with Crippen LogP contribution in [0.2, 0.25) is 0 Å². The summed E-state index contributed by atoms with van der Waals surface area (Å²) in [5, 5.41) is 70.9. The predicted molar refractivity (Wildman–Crippen MR) is 242 cm³/mol. The number of esters is 2. The molecule has 0 amide bonds. The summed E-state index contributed by atoms with van der Waals surface area (Å²) in [6.07, 6.45) is 24.0. The fourth-order valence-corrected chi connectivity index (χ4v) is 7.31. The molecule has 0 spiro atoms. The van der Waals surface area contributed by atoms with E-state index < -0.39 is 87.9 Å². The zero-order valence-corrected chi connectivity index (χ0v) is 38.5. The molecule has 0 aromatic carbocycles. The molecular formula is C47H79O15P. The quantitative estimate of drug-likeness (QED) is 0.0142. The lowest BCUT2D eigenvalue weighted by Gasteiger charge is -2.41. The van der Waals surface area contributed by atoms with Crippen molar-refractivity contribution in [1.29, 1.82) is 0 Å². The van der Waals surface area contributed by atoms with Gasteiger partial charge in [0.1, 0.15) is 43.2 Å². The molecule has 0 radical (unpaired) electrons. The third-order valence-corrected chi connectivity index (χ3v) is 11.2. The SMILES string of the molecule is CCCCC/C=C\C/C=C\C/C=C\CCCCC(=O)O[C@H](COC(=O)CCCC(O)C(O)C/C=C\C/C=C\C/C=C\CCCCC)COP(=O)(O)OC1[C@H](O)[C@H](O)C(O)[C@H](O)[C@H]1O. The molecule has 1 saturated carbocycles. The van der Waals surface area contributed by atoms with Gasteiger partial charge in [-0.25, -0.2) is 4.57 Å². The number of ether oxygens (including phenoxy) is 2. The van der Waals surface area contributed by atoms with E-state index in [4.69, 9.17) is 18.5 Å². The van der Waals surface area contributed by atoms with Crippen LogP contribution in [-0.2, 0) is 32.7 Å². The Morgan fingerprint density at radius 3 is 1.51 bits per heavy atom. The van der Waals surface area contributed by atoms with Crippen molar-refractivity contribution < 1.29 is 73.3 Å². The van der Waals surface area contributed by atoms with Gasteiger partial charge >= 0.3 is 19.8 Å². The molecule has 15 nitrogen and oxygen atoms in total. The molecule has 5 unspecified atom stereocenters. The van der Waals surface area contributed by atoms with E-state index in [1.807, 2.05) is 24.3 Å². The monoisotopic (exact) mass is 915 g/mol. The van der Waals surface area contributed by atoms with Gasteiger partial charge in [-0.1, -0.05) is 112 Å². The summed E-state index contributed by atoms with van der Waals surface area (Å²) in [4.78, 5) is 35.7. The van der Waals surface area contributed by atoms with Crippen molar-refractivity contribution in [2.45, 2.75) is 197 Å². The molecular weight excluding hydrogens is 835 g/mol. The maximum Gasteiger partial charge on any atom is 0.472 e. The Labute approximate surface area is 375 Å². The van der Waals surface area contributed by atoms with E-state index in [0.717, 1.165) is 38.5 Å². The van der Waals surface area contributed by atoms with Crippen LogP contribution in [-0.4, -0.2) is 121 Å². The molecule has 1 aliphatic rings. The molecule has 0 aromatic rings. The number of allylic oxidation sites excluding steroid dienone is 11. The molecule has 362 valence electrons. The lowest BCUT2D eigenvalue weighted by Crippen LogP contribution is -2.64. The van der Waals surface area contributed by atoms with Gasteiger partial charge in [-0.3, -0.25) is 18.6 Å². The van der Waals surface area contributed by atoms with E-state index in [9.17, 15) is 54.8 Å². The number of rotatable bonds is 36. The first-order valence-electron chi connectivity index (χ1n) is 22.9. The number of hydrogen-bond donors (Lipinski definition) is 8. The van der Waals surface area contributed by atoms with E-state index in [2.05, 4.69) is 56.4 Å². The van der Waals surface area contributed by atoms with E-state index in [0.29, 0.717) is 19.3 Å². The van der Waals surface area contributed by atoms with Crippen LogP contribution in [0.5, 0.6) is 0 Å². The van der Waals surface area contributed by atoms with E-state index >= 15 is 0 Å². The van der Waals surface area contributed by atoms with Gasteiger partial charge in [-0.2, -0.15) is 0 Å². The number of aliphatic hydroxyl groups excluding tert-OH is 7. The molecule has 1 aliphatic carbocycles. The second kappa shape index (κ2) is 36.4. The van der Waals surface area contributed by atoms with Gasteiger partial charge in [0.05, 0.1) is 18.8 Å². The Hall–Kier alpha value is -2.79. The van der Waals surface area contributed by atoms with Crippen LogP contribution in [0, 0.1) is 0 Å². The molecule has 8 N–H and O–H groups in total. The van der Waals surface area contributed by atoms with Crippen molar-refractivity contribution in [3.63, 3.8) is 0 Å². The zero-order chi connectivity index (χ0) is 46.7. The Bertz CT molecular complexity index is 1410. The summed E-state index contributed by atoms with van der Waals surface area (Å²) < 4.78 is 33.3. The van der Waals surface area contributed by atoms with Crippen molar-refractivity contribution in [3.8, 4) is 0 Å². The fourth-order valence-electron chi connectivity index (χ4n) is 6.34. The van der Waals surface area contributed by atoms with Gasteiger partial charge in [-0.15, -0.1) is 0 Å². The van der Waals surface area contributed by atoms with Crippen LogP contribution in [0.15, 0.2) is 72.9 Å². The summed E-state index contributed by atoms with van der Waals surface area (Å²) in [5.41, 5.74) is 0. The Balaban J connectivity index is 2.62. The molecule has 0 aromatic heterocycles. The minimum absolute atomic E-state index is 0.0163. The summed E-state index contributed by atoms with van der Waals surface area (Å²) in [5.74, 6) is -1.44. The lowest BCUT2D eigenvalue weighted by molar-refractivity contribution is -0.220. The number of carbonyl (C=O) groups excluding carboxylic acids is 2. The lowest BCUT2D eigenvalue weighted by atomic mass is 9.85. The average molecular weight is 915 g/mol. The topological polar surface area (TPSA) is 250 Å².